The van der Waals surface area contributed by atoms with E-state index in [0.717, 1.165) is 30.8 Å². The van der Waals surface area contributed by atoms with Gasteiger partial charge in [0.15, 0.2) is 5.96 Å². The monoisotopic (exact) mass is 391 g/mol. The summed E-state index contributed by atoms with van der Waals surface area (Å²) in [6.45, 7) is 6.58. The van der Waals surface area contributed by atoms with Crippen molar-refractivity contribution in [2.24, 2.45) is 22.7 Å². The number of nitrogens with zero attached hydrogens (tertiary/aromatic N) is 2. The van der Waals surface area contributed by atoms with Gasteiger partial charge in [0.25, 0.3) is 0 Å². The molecule has 1 heterocycles. The predicted molar refractivity (Wildman–Crippen MR) is 95.8 cm³/mol. The van der Waals surface area contributed by atoms with E-state index in [2.05, 4.69) is 17.1 Å². The first-order chi connectivity index (χ1) is 9.36. The average Bonchev–Trinajstić information content (AvgIpc) is 3.15. The van der Waals surface area contributed by atoms with Crippen LogP contribution in [0.1, 0.15) is 51.9 Å². The summed E-state index contributed by atoms with van der Waals surface area (Å²) >= 11 is 0. The lowest BCUT2D eigenvalue weighted by molar-refractivity contribution is 0.318. The van der Waals surface area contributed by atoms with Crippen LogP contribution in [0, 0.1) is 17.8 Å². The topological polar surface area (TPSA) is 27.6 Å². The molecule has 1 aliphatic heterocycles. The van der Waals surface area contributed by atoms with E-state index >= 15 is 0 Å². The van der Waals surface area contributed by atoms with Crippen LogP contribution in [0.2, 0.25) is 0 Å². The predicted octanol–water partition coefficient (Wildman–Crippen LogP) is 3.49. The molecule has 3 rings (SSSR count). The Hall–Kier alpha value is 0. The molecule has 0 amide bonds. The Kier molecular flexibility index (Phi) is 6.43. The lowest BCUT2D eigenvalue weighted by Crippen LogP contribution is -2.39. The molecule has 3 fully saturated rings. The highest BCUT2D eigenvalue weighted by Gasteiger charge is 2.38. The minimum absolute atomic E-state index is 0. The van der Waals surface area contributed by atoms with Crippen molar-refractivity contribution in [3.05, 3.63) is 0 Å². The maximum absolute atomic E-state index is 4.87. The molecule has 4 heteroatoms. The van der Waals surface area contributed by atoms with E-state index in [-0.39, 0.29) is 24.0 Å². The van der Waals surface area contributed by atoms with Gasteiger partial charge in [0.05, 0.1) is 0 Å². The van der Waals surface area contributed by atoms with Crippen molar-refractivity contribution >= 4 is 29.9 Å². The van der Waals surface area contributed by atoms with Gasteiger partial charge in [-0.25, -0.2) is 0 Å². The van der Waals surface area contributed by atoms with Crippen molar-refractivity contribution in [2.75, 3.05) is 26.2 Å². The summed E-state index contributed by atoms with van der Waals surface area (Å²) in [6, 6.07) is 0. The van der Waals surface area contributed by atoms with E-state index in [1.807, 2.05) is 0 Å². The third kappa shape index (κ3) is 3.80. The summed E-state index contributed by atoms with van der Waals surface area (Å²) in [4.78, 5) is 7.31. The first kappa shape index (κ1) is 16.4. The van der Waals surface area contributed by atoms with Crippen molar-refractivity contribution in [3.8, 4) is 0 Å². The zero-order valence-corrected chi connectivity index (χ0v) is 15.1. The fourth-order valence-electron chi connectivity index (χ4n) is 4.42. The molecular weight excluding hydrogens is 361 g/mol. The summed E-state index contributed by atoms with van der Waals surface area (Å²) < 4.78 is 0. The molecule has 3 atom stereocenters. The van der Waals surface area contributed by atoms with Gasteiger partial charge in [0.1, 0.15) is 0 Å². The second kappa shape index (κ2) is 7.85. The van der Waals surface area contributed by atoms with E-state index in [1.54, 1.807) is 0 Å². The van der Waals surface area contributed by atoms with Crippen LogP contribution in [0.25, 0.3) is 0 Å². The van der Waals surface area contributed by atoms with Gasteiger partial charge in [-0.2, -0.15) is 0 Å². The van der Waals surface area contributed by atoms with Gasteiger partial charge in [0.2, 0.25) is 0 Å². The Labute approximate surface area is 141 Å². The van der Waals surface area contributed by atoms with Crippen LogP contribution in [0.3, 0.4) is 0 Å². The summed E-state index contributed by atoms with van der Waals surface area (Å²) in [5.41, 5.74) is 0. The summed E-state index contributed by atoms with van der Waals surface area (Å²) in [7, 11) is 0. The maximum Gasteiger partial charge on any atom is 0.193 e. The van der Waals surface area contributed by atoms with E-state index in [4.69, 9.17) is 4.99 Å². The standard InChI is InChI=1S/C16H29N3.HI/c1-2-17-16(19-9-3-4-10-19)18-8-7-15-12-13-5-6-14(15)11-13;/h13-15H,2-12H2,1H3,(H,17,18);1H. The van der Waals surface area contributed by atoms with Crippen molar-refractivity contribution in [3.63, 3.8) is 0 Å². The molecule has 0 aromatic carbocycles. The molecule has 1 N–H and O–H groups in total. The minimum Gasteiger partial charge on any atom is -0.357 e. The molecule has 0 aromatic heterocycles. The fourth-order valence-corrected chi connectivity index (χ4v) is 4.42. The summed E-state index contributed by atoms with van der Waals surface area (Å²) in [5, 5.41) is 3.46. The van der Waals surface area contributed by atoms with Gasteiger partial charge >= 0.3 is 0 Å². The van der Waals surface area contributed by atoms with Gasteiger partial charge in [-0.3, -0.25) is 4.99 Å². The molecule has 20 heavy (non-hydrogen) atoms. The van der Waals surface area contributed by atoms with Crippen LogP contribution >= 0.6 is 24.0 Å². The Morgan fingerprint density at radius 2 is 2.00 bits per heavy atom. The molecule has 3 aliphatic rings. The van der Waals surface area contributed by atoms with Gasteiger partial charge < -0.3 is 10.2 Å². The number of aliphatic imine (C=N–C) groups is 1. The number of hydrogen-bond acceptors (Lipinski definition) is 1. The van der Waals surface area contributed by atoms with Crippen LogP contribution in [0.4, 0.5) is 0 Å². The van der Waals surface area contributed by atoms with Gasteiger partial charge in [0, 0.05) is 26.2 Å². The summed E-state index contributed by atoms with van der Waals surface area (Å²) in [6.07, 6.45) is 10.0. The van der Waals surface area contributed by atoms with Crippen LogP contribution in [0.5, 0.6) is 0 Å². The molecular formula is C16H30IN3. The largest absolute Gasteiger partial charge is 0.357 e. The lowest BCUT2D eigenvalue weighted by Gasteiger charge is -2.23. The zero-order valence-electron chi connectivity index (χ0n) is 12.8. The SMILES string of the molecule is CCNC(=NCCC1CC2CCC1C2)N1CCCC1.I. The van der Waals surface area contributed by atoms with Crippen LogP contribution < -0.4 is 5.32 Å². The Balaban J connectivity index is 0.00000147. The Morgan fingerprint density at radius 1 is 1.20 bits per heavy atom. The quantitative estimate of drug-likeness (QED) is 0.451. The molecule has 2 saturated carbocycles. The number of nitrogens with one attached hydrogen (secondary N) is 1. The number of fused-ring (bicyclic) bond motifs is 2. The molecule has 0 spiro atoms. The van der Waals surface area contributed by atoms with Crippen molar-refractivity contribution in [1.29, 1.82) is 0 Å². The molecule has 1 saturated heterocycles. The smallest absolute Gasteiger partial charge is 0.193 e. The lowest BCUT2D eigenvalue weighted by atomic mass is 9.86. The third-order valence-electron chi connectivity index (χ3n) is 5.39. The highest BCUT2D eigenvalue weighted by Crippen LogP contribution is 2.49. The Morgan fingerprint density at radius 3 is 2.60 bits per heavy atom. The van der Waals surface area contributed by atoms with Crippen LogP contribution in [-0.2, 0) is 0 Å². The molecule has 0 aromatic rings. The number of likely N-dealkylation sites (tertiary alicyclic amines) is 1. The van der Waals surface area contributed by atoms with Crippen molar-refractivity contribution in [2.45, 2.75) is 51.9 Å². The fraction of sp³-hybridized carbons (Fsp3) is 0.938. The van der Waals surface area contributed by atoms with Crippen molar-refractivity contribution in [1.82, 2.24) is 10.2 Å². The minimum atomic E-state index is 0. The van der Waals surface area contributed by atoms with E-state index < -0.39 is 0 Å². The second-order valence-corrected chi connectivity index (χ2v) is 6.65. The molecule has 3 nitrogen and oxygen atoms in total. The molecule has 0 radical (unpaired) electrons. The maximum atomic E-state index is 4.87. The Bertz CT molecular complexity index is 326. The van der Waals surface area contributed by atoms with Gasteiger partial charge in [-0.15, -0.1) is 24.0 Å². The van der Waals surface area contributed by atoms with Gasteiger partial charge in [-0.05, 0) is 63.2 Å². The molecule has 3 unspecified atom stereocenters. The van der Waals surface area contributed by atoms with Crippen LogP contribution in [-0.4, -0.2) is 37.0 Å². The first-order valence-corrected chi connectivity index (χ1v) is 8.40. The first-order valence-electron chi connectivity index (χ1n) is 8.40. The number of halogens is 1. The number of hydrogen-bond donors (Lipinski definition) is 1. The normalized spacial score (nSPS) is 32.5. The summed E-state index contributed by atoms with van der Waals surface area (Å²) in [5.74, 6) is 4.28. The van der Waals surface area contributed by atoms with E-state index in [9.17, 15) is 0 Å². The molecule has 116 valence electrons. The van der Waals surface area contributed by atoms with Crippen molar-refractivity contribution < 1.29 is 0 Å². The van der Waals surface area contributed by atoms with Gasteiger partial charge in [-0.1, -0.05) is 6.42 Å². The number of rotatable bonds is 4. The molecule has 2 aliphatic carbocycles. The second-order valence-electron chi connectivity index (χ2n) is 6.65. The molecule has 2 bridgehead atoms. The van der Waals surface area contributed by atoms with E-state index in [0.29, 0.717) is 0 Å². The number of guanidine groups is 1. The highest BCUT2D eigenvalue weighted by molar-refractivity contribution is 14.0. The third-order valence-corrected chi connectivity index (χ3v) is 5.39. The van der Waals surface area contributed by atoms with E-state index in [1.165, 1.54) is 64.0 Å². The van der Waals surface area contributed by atoms with Crippen LogP contribution in [0.15, 0.2) is 4.99 Å². The average molecular weight is 391 g/mol. The highest BCUT2D eigenvalue weighted by atomic mass is 127. The zero-order chi connectivity index (χ0) is 13.1.